The van der Waals surface area contributed by atoms with Gasteiger partial charge < -0.3 is 15.4 Å². The Balaban J connectivity index is 0.00000144. The van der Waals surface area contributed by atoms with E-state index in [1.807, 2.05) is 0 Å². The average molecular weight is 263 g/mol. The van der Waals surface area contributed by atoms with Crippen molar-refractivity contribution in [1.82, 2.24) is 10.6 Å². The third-order valence-electron chi connectivity index (χ3n) is 3.45. The summed E-state index contributed by atoms with van der Waals surface area (Å²) in [6, 6.07) is 0. The Labute approximate surface area is 109 Å². The van der Waals surface area contributed by atoms with Crippen molar-refractivity contribution < 1.29 is 9.53 Å². The molecule has 0 aliphatic carbocycles. The number of hydrogen-bond acceptors (Lipinski definition) is 3. The van der Waals surface area contributed by atoms with Gasteiger partial charge in [0.15, 0.2) is 0 Å². The number of amides is 1. The molecule has 0 saturated carbocycles. The largest absolute Gasteiger partial charge is 0.376 e. The van der Waals surface area contributed by atoms with Gasteiger partial charge in [0.05, 0.1) is 12.0 Å². The van der Waals surface area contributed by atoms with E-state index in [1.165, 1.54) is 6.42 Å². The minimum Gasteiger partial charge on any atom is -0.376 e. The van der Waals surface area contributed by atoms with E-state index in [-0.39, 0.29) is 30.3 Å². The zero-order valence-electron chi connectivity index (χ0n) is 10.2. The van der Waals surface area contributed by atoms with Crippen LogP contribution in [0.4, 0.5) is 0 Å². The summed E-state index contributed by atoms with van der Waals surface area (Å²) >= 11 is 0. The smallest absolute Gasteiger partial charge is 0.224 e. The zero-order valence-corrected chi connectivity index (χ0v) is 11.1. The number of halogens is 1. The lowest BCUT2D eigenvalue weighted by Gasteiger charge is -2.25. The highest BCUT2D eigenvalue weighted by Gasteiger charge is 2.22. The number of nitrogens with one attached hydrogen (secondary N) is 2. The van der Waals surface area contributed by atoms with Crippen molar-refractivity contribution in [2.45, 2.75) is 38.2 Å². The van der Waals surface area contributed by atoms with E-state index >= 15 is 0 Å². The highest BCUT2D eigenvalue weighted by molar-refractivity contribution is 5.85. The molecule has 0 radical (unpaired) electrons. The molecule has 2 aliphatic heterocycles. The van der Waals surface area contributed by atoms with Gasteiger partial charge in [-0.25, -0.2) is 0 Å². The molecular weight excluding hydrogens is 240 g/mol. The molecule has 1 unspecified atom stereocenters. The Hall–Kier alpha value is -0.320. The van der Waals surface area contributed by atoms with Gasteiger partial charge in [-0.05, 0) is 38.6 Å². The van der Waals surface area contributed by atoms with Crippen LogP contribution >= 0.6 is 12.4 Å². The van der Waals surface area contributed by atoms with Gasteiger partial charge in [-0.15, -0.1) is 12.4 Å². The lowest BCUT2D eigenvalue weighted by molar-refractivity contribution is -0.126. The van der Waals surface area contributed by atoms with Crippen molar-refractivity contribution in [1.29, 1.82) is 0 Å². The summed E-state index contributed by atoms with van der Waals surface area (Å²) in [5.74, 6) is 0.360. The summed E-state index contributed by atoms with van der Waals surface area (Å²) in [5, 5.41) is 6.28. The van der Waals surface area contributed by atoms with E-state index in [9.17, 15) is 4.79 Å². The highest BCUT2D eigenvalue weighted by Crippen LogP contribution is 2.13. The van der Waals surface area contributed by atoms with Crippen molar-refractivity contribution in [2.24, 2.45) is 5.92 Å². The maximum Gasteiger partial charge on any atom is 0.224 e. The molecule has 1 amide bonds. The molecule has 4 nitrogen and oxygen atoms in total. The fraction of sp³-hybridized carbons (Fsp3) is 0.917. The maximum atomic E-state index is 11.8. The molecule has 2 atom stereocenters. The van der Waals surface area contributed by atoms with Crippen molar-refractivity contribution in [3.05, 3.63) is 0 Å². The summed E-state index contributed by atoms with van der Waals surface area (Å²) in [7, 11) is 0. The standard InChI is InChI=1S/C12H22N2O2.ClH/c15-12(10-4-3-6-13-8-10)14-9-11-5-1-2-7-16-11;/h10-11,13H,1-9H2,(H,14,15);1H/t10-,11?;/m1./s1. The maximum absolute atomic E-state index is 11.8. The van der Waals surface area contributed by atoms with Gasteiger partial charge >= 0.3 is 0 Å². The molecule has 2 saturated heterocycles. The van der Waals surface area contributed by atoms with Crippen LogP contribution in [-0.2, 0) is 9.53 Å². The summed E-state index contributed by atoms with van der Waals surface area (Å²) in [6.45, 7) is 3.42. The predicted octanol–water partition coefficient (Wildman–Crippen LogP) is 1.09. The molecule has 0 aromatic heterocycles. The Bertz CT molecular complexity index is 227. The van der Waals surface area contributed by atoms with Gasteiger partial charge in [-0.2, -0.15) is 0 Å². The molecule has 0 spiro atoms. The topological polar surface area (TPSA) is 50.4 Å². The SMILES string of the molecule is Cl.O=C(NCC1CCCCO1)[C@@H]1CCCNC1. The van der Waals surface area contributed by atoms with Crippen LogP contribution < -0.4 is 10.6 Å². The van der Waals surface area contributed by atoms with E-state index in [2.05, 4.69) is 10.6 Å². The third kappa shape index (κ3) is 4.82. The van der Waals surface area contributed by atoms with Crippen molar-refractivity contribution in [3.63, 3.8) is 0 Å². The minimum atomic E-state index is 0. The first-order valence-corrected chi connectivity index (χ1v) is 6.46. The molecule has 2 N–H and O–H groups in total. The fourth-order valence-electron chi connectivity index (χ4n) is 2.40. The zero-order chi connectivity index (χ0) is 11.2. The van der Waals surface area contributed by atoms with Crippen LogP contribution in [0.2, 0.25) is 0 Å². The molecule has 0 bridgehead atoms. The molecular formula is C12H23ClN2O2. The molecule has 2 heterocycles. The minimum absolute atomic E-state index is 0. The van der Waals surface area contributed by atoms with E-state index < -0.39 is 0 Å². The Morgan fingerprint density at radius 3 is 2.82 bits per heavy atom. The number of carbonyl (C=O) groups is 1. The molecule has 5 heteroatoms. The Morgan fingerprint density at radius 1 is 1.29 bits per heavy atom. The first kappa shape index (κ1) is 14.7. The second-order valence-corrected chi connectivity index (χ2v) is 4.78. The molecule has 2 fully saturated rings. The van der Waals surface area contributed by atoms with Crippen molar-refractivity contribution in [2.75, 3.05) is 26.2 Å². The van der Waals surface area contributed by atoms with E-state index in [0.29, 0.717) is 6.54 Å². The lowest BCUT2D eigenvalue weighted by atomic mass is 9.98. The number of ether oxygens (including phenoxy) is 1. The molecule has 0 aromatic carbocycles. The first-order valence-electron chi connectivity index (χ1n) is 6.46. The quantitative estimate of drug-likeness (QED) is 0.801. The highest BCUT2D eigenvalue weighted by atomic mass is 35.5. The van der Waals surface area contributed by atoms with E-state index in [1.54, 1.807) is 0 Å². The van der Waals surface area contributed by atoms with E-state index in [4.69, 9.17) is 4.74 Å². The van der Waals surface area contributed by atoms with Crippen molar-refractivity contribution >= 4 is 18.3 Å². The van der Waals surface area contributed by atoms with Crippen molar-refractivity contribution in [3.8, 4) is 0 Å². The van der Waals surface area contributed by atoms with Crippen LogP contribution in [0, 0.1) is 5.92 Å². The van der Waals surface area contributed by atoms with Gasteiger partial charge in [-0.3, -0.25) is 4.79 Å². The molecule has 17 heavy (non-hydrogen) atoms. The average Bonchev–Trinajstić information content (AvgIpc) is 2.38. The summed E-state index contributed by atoms with van der Waals surface area (Å²) < 4.78 is 5.59. The molecule has 2 aliphatic rings. The van der Waals surface area contributed by atoms with Crippen LogP contribution in [0.15, 0.2) is 0 Å². The number of hydrogen-bond donors (Lipinski definition) is 2. The second-order valence-electron chi connectivity index (χ2n) is 4.78. The summed E-state index contributed by atoms with van der Waals surface area (Å²) in [6.07, 6.45) is 5.85. The Morgan fingerprint density at radius 2 is 2.18 bits per heavy atom. The monoisotopic (exact) mass is 262 g/mol. The third-order valence-corrected chi connectivity index (χ3v) is 3.45. The van der Waals surface area contributed by atoms with Crippen LogP contribution in [0.1, 0.15) is 32.1 Å². The normalized spacial score (nSPS) is 29.2. The molecule has 100 valence electrons. The first-order chi connectivity index (χ1) is 7.86. The molecule has 2 rings (SSSR count). The summed E-state index contributed by atoms with van der Waals surface area (Å²) in [4.78, 5) is 11.8. The van der Waals surface area contributed by atoms with Crippen LogP contribution in [0.25, 0.3) is 0 Å². The van der Waals surface area contributed by atoms with Gasteiger partial charge in [0.25, 0.3) is 0 Å². The number of carbonyl (C=O) groups excluding carboxylic acids is 1. The van der Waals surface area contributed by atoms with Gasteiger partial charge in [-0.1, -0.05) is 0 Å². The van der Waals surface area contributed by atoms with Gasteiger partial charge in [0.1, 0.15) is 0 Å². The molecule has 0 aromatic rings. The van der Waals surface area contributed by atoms with Crippen LogP contribution in [0.5, 0.6) is 0 Å². The number of piperidine rings is 1. The van der Waals surface area contributed by atoms with Crippen LogP contribution in [-0.4, -0.2) is 38.3 Å². The summed E-state index contributed by atoms with van der Waals surface area (Å²) in [5.41, 5.74) is 0. The van der Waals surface area contributed by atoms with Gasteiger partial charge in [0, 0.05) is 19.7 Å². The number of rotatable bonds is 3. The van der Waals surface area contributed by atoms with E-state index in [0.717, 1.165) is 45.4 Å². The van der Waals surface area contributed by atoms with Crippen LogP contribution in [0.3, 0.4) is 0 Å². The Kier molecular flexibility index (Phi) is 6.85. The predicted molar refractivity (Wildman–Crippen MR) is 69.4 cm³/mol. The second kappa shape index (κ2) is 7.90. The van der Waals surface area contributed by atoms with Gasteiger partial charge in [0.2, 0.25) is 5.91 Å². The fourth-order valence-corrected chi connectivity index (χ4v) is 2.40. The lowest BCUT2D eigenvalue weighted by Crippen LogP contribution is -2.43.